The molecule has 0 fully saturated rings. The summed E-state index contributed by atoms with van der Waals surface area (Å²) in [5, 5.41) is 0. The monoisotopic (exact) mass is 330 g/mol. The van der Waals surface area contributed by atoms with Gasteiger partial charge in [0.2, 0.25) is 0 Å². The molecule has 134 valence electrons. The molecule has 0 bridgehead atoms. The van der Waals surface area contributed by atoms with Crippen molar-refractivity contribution in [1.82, 2.24) is 0 Å². The largest absolute Gasteiger partial charge is 0.466 e. The SMILES string of the molecule is CCCCCCCCCCC=CC=CC=CC=CC=CC(=O)OC. The molecule has 0 atom stereocenters. The van der Waals surface area contributed by atoms with Gasteiger partial charge in [-0.2, -0.15) is 0 Å². The van der Waals surface area contributed by atoms with Crippen molar-refractivity contribution < 1.29 is 9.53 Å². The van der Waals surface area contributed by atoms with Gasteiger partial charge in [0, 0.05) is 6.08 Å². The van der Waals surface area contributed by atoms with E-state index in [1.54, 1.807) is 12.2 Å². The zero-order valence-electron chi connectivity index (χ0n) is 15.5. The quantitative estimate of drug-likeness (QED) is 0.158. The Hall–Kier alpha value is -1.83. The van der Waals surface area contributed by atoms with Crippen LogP contribution in [-0.4, -0.2) is 13.1 Å². The van der Waals surface area contributed by atoms with Crippen LogP contribution in [0.5, 0.6) is 0 Å². The van der Waals surface area contributed by atoms with E-state index in [0.29, 0.717) is 0 Å². The molecule has 0 aliphatic rings. The number of esters is 1. The van der Waals surface area contributed by atoms with Crippen LogP contribution in [0.1, 0.15) is 64.7 Å². The van der Waals surface area contributed by atoms with Gasteiger partial charge in [0.05, 0.1) is 7.11 Å². The highest BCUT2D eigenvalue weighted by atomic mass is 16.5. The van der Waals surface area contributed by atoms with Crippen molar-refractivity contribution in [2.24, 2.45) is 0 Å². The van der Waals surface area contributed by atoms with Crippen molar-refractivity contribution in [1.29, 1.82) is 0 Å². The van der Waals surface area contributed by atoms with Crippen molar-refractivity contribution in [2.45, 2.75) is 64.7 Å². The van der Waals surface area contributed by atoms with Crippen LogP contribution >= 0.6 is 0 Å². The lowest BCUT2D eigenvalue weighted by Gasteiger charge is -1.99. The van der Waals surface area contributed by atoms with Gasteiger partial charge in [-0.1, -0.05) is 107 Å². The van der Waals surface area contributed by atoms with Crippen molar-refractivity contribution >= 4 is 5.97 Å². The fourth-order valence-electron chi connectivity index (χ4n) is 2.16. The topological polar surface area (TPSA) is 26.3 Å². The first kappa shape index (κ1) is 22.2. The van der Waals surface area contributed by atoms with Crippen LogP contribution in [0.2, 0.25) is 0 Å². The Morgan fingerprint density at radius 1 is 0.708 bits per heavy atom. The summed E-state index contributed by atoms with van der Waals surface area (Å²) >= 11 is 0. The van der Waals surface area contributed by atoms with Gasteiger partial charge in [0.15, 0.2) is 0 Å². The summed E-state index contributed by atoms with van der Waals surface area (Å²) in [6.45, 7) is 2.26. The van der Waals surface area contributed by atoms with Crippen molar-refractivity contribution in [3.63, 3.8) is 0 Å². The number of rotatable bonds is 14. The third-order valence-corrected chi connectivity index (χ3v) is 3.57. The predicted octanol–water partition coefficient (Wildman–Crippen LogP) is 6.47. The van der Waals surface area contributed by atoms with Gasteiger partial charge >= 0.3 is 5.97 Å². The normalized spacial score (nSPS) is 12.6. The second-order valence-electron chi connectivity index (χ2n) is 5.73. The number of allylic oxidation sites excluding steroid dienone is 9. The molecule has 0 aliphatic heterocycles. The summed E-state index contributed by atoms with van der Waals surface area (Å²) in [6, 6.07) is 0. The number of carbonyl (C=O) groups is 1. The lowest BCUT2D eigenvalue weighted by atomic mass is 10.1. The van der Waals surface area contributed by atoms with Crippen LogP contribution in [0.3, 0.4) is 0 Å². The number of methoxy groups -OCH3 is 1. The second-order valence-corrected chi connectivity index (χ2v) is 5.73. The van der Waals surface area contributed by atoms with Crippen LogP contribution in [0.15, 0.2) is 60.8 Å². The molecule has 0 spiro atoms. The molecule has 0 aliphatic carbocycles. The van der Waals surface area contributed by atoms with Crippen molar-refractivity contribution in [3.8, 4) is 0 Å². The summed E-state index contributed by atoms with van der Waals surface area (Å²) in [7, 11) is 1.36. The van der Waals surface area contributed by atoms with Gasteiger partial charge in [-0.15, -0.1) is 0 Å². The van der Waals surface area contributed by atoms with E-state index in [2.05, 4.69) is 23.8 Å². The molecule has 0 unspecified atom stereocenters. The summed E-state index contributed by atoms with van der Waals surface area (Å²) in [5.41, 5.74) is 0. The Morgan fingerprint density at radius 3 is 1.79 bits per heavy atom. The summed E-state index contributed by atoms with van der Waals surface area (Å²) in [4.78, 5) is 10.8. The summed E-state index contributed by atoms with van der Waals surface area (Å²) < 4.78 is 4.49. The lowest BCUT2D eigenvalue weighted by Crippen LogP contribution is -1.92. The molecule has 0 N–H and O–H groups in total. The molecule has 0 rings (SSSR count). The molecule has 24 heavy (non-hydrogen) atoms. The number of hydrogen-bond donors (Lipinski definition) is 0. The van der Waals surface area contributed by atoms with Gasteiger partial charge in [0.25, 0.3) is 0 Å². The highest BCUT2D eigenvalue weighted by molar-refractivity contribution is 5.82. The Bertz CT molecular complexity index is 425. The maximum Gasteiger partial charge on any atom is 0.330 e. The predicted molar refractivity (Wildman–Crippen MR) is 105 cm³/mol. The van der Waals surface area contributed by atoms with Gasteiger partial charge in [-0.05, 0) is 12.8 Å². The molecule has 2 nitrogen and oxygen atoms in total. The maximum absolute atomic E-state index is 10.8. The smallest absolute Gasteiger partial charge is 0.330 e. The molecule has 2 heteroatoms. The van der Waals surface area contributed by atoms with Crippen molar-refractivity contribution in [3.05, 3.63) is 60.8 Å². The average molecular weight is 331 g/mol. The minimum atomic E-state index is -0.342. The molecule has 0 aromatic carbocycles. The highest BCUT2D eigenvalue weighted by Gasteiger charge is 1.90. The minimum Gasteiger partial charge on any atom is -0.466 e. The molecule has 0 saturated heterocycles. The average Bonchev–Trinajstić information content (AvgIpc) is 2.60. The second kappa shape index (κ2) is 19.2. The van der Waals surface area contributed by atoms with Crippen molar-refractivity contribution in [2.75, 3.05) is 7.11 Å². The molecule has 0 saturated carbocycles. The lowest BCUT2D eigenvalue weighted by molar-refractivity contribution is -0.134. The Balaban J connectivity index is 3.51. The highest BCUT2D eigenvalue weighted by Crippen LogP contribution is 2.09. The standard InChI is InChI=1S/C22H34O2/c1-3-4-5-6-7-8-9-10-11-12-13-14-15-16-17-18-19-20-21-22(23)24-2/h12-21H,3-11H2,1-2H3. The molecular formula is C22H34O2. The summed E-state index contributed by atoms with van der Waals surface area (Å²) in [5.74, 6) is -0.342. The fourth-order valence-corrected chi connectivity index (χ4v) is 2.16. The van der Waals surface area contributed by atoms with E-state index in [9.17, 15) is 4.79 Å². The van der Waals surface area contributed by atoms with Crippen LogP contribution in [-0.2, 0) is 9.53 Å². The number of ether oxygens (including phenoxy) is 1. The van der Waals surface area contributed by atoms with E-state index in [1.165, 1.54) is 71.0 Å². The Labute approximate surface area is 148 Å². The molecule has 0 aromatic rings. The van der Waals surface area contributed by atoms with Crippen LogP contribution in [0.4, 0.5) is 0 Å². The van der Waals surface area contributed by atoms with Gasteiger partial charge in [-0.25, -0.2) is 4.79 Å². The third kappa shape index (κ3) is 18.2. The maximum atomic E-state index is 10.8. The van der Waals surface area contributed by atoms with E-state index in [-0.39, 0.29) is 5.97 Å². The Kier molecular flexibility index (Phi) is 17.8. The fraction of sp³-hybridized carbons (Fsp3) is 0.500. The van der Waals surface area contributed by atoms with E-state index in [0.717, 1.165) is 0 Å². The molecule has 0 aromatic heterocycles. The van der Waals surface area contributed by atoms with Gasteiger partial charge in [0.1, 0.15) is 0 Å². The van der Waals surface area contributed by atoms with Crippen LogP contribution in [0.25, 0.3) is 0 Å². The zero-order chi connectivity index (χ0) is 17.7. The number of carbonyl (C=O) groups excluding carboxylic acids is 1. The first-order valence-electron chi connectivity index (χ1n) is 9.22. The molecule has 0 heterocycles. The van der Waals surface area contributed by atoms with Gasteiger partial charge in [-0.3, -0.25) is 0 Å². The summed E-state index contributed by atoms with van der Waals surface area (Å²) in [6.07, 6.45) is 31.1. The first-order valence-corrected chi connectivity index (χ1v) is 9.22. The van der Waals surface area contributed by atoms with E-state index in [1.807, 2.05) is 30.4 Å². The first-order chi connectivity index (χ1) is 11.8. The van der Waals surface area contributed by atoms with Gasteiger partial charge < -0.3 is 4.74 Å². The molecule has 0 radical (unpaired) electrons. The Morgan fingerprint density at radius 2 is 1.21 bits per heavy atom. The minimum absolute atomic E-state index is 0.342. The van der Waals surface area contributed by atoms with E-state index >= 15 is 0 Å². The molecule has 0 amide bonds. The van der Waals surface area contributed by atoms with Crippen LogP contribution < -0.4 is 0 Å². The van der Waals surface area contributed by atoms with Crippen LogP contribution in [0, 0.1) is 0 Å². The molecular weight excluding hydrogens is 296 g/mol. The number of hydrogen-bond acceptors (Lipinski definition) is 2. The third-order valence-electron chi connectivity index (χ3n) is 3.57. The zero-order valence-corrected chi connectivity index (χ0v) is 15.5. The van der Waals surface area contributed by atoms with E-state index in [4.69, 9.17) is 0 Å². The van der Waals surface area contributed by atoms with E-state index < -0.39 is 0 Å². The number of unbranched alkanes of at least 4 members (excludes halogenated alkanes) is 8.